The van der Waals surface area contributed by atoms with Crippen LogP contribution in [-0.4, -0.2) is 59.8 Å². The third kappa shape index (κ3) is 5.13. The van der Waals surface area contributed by atoms with Gasteiger partial charge < -0.3 is 29.3 Å². The van der Waals surface area contributed by atoms with Crippen LogP contribution in [0.2, 0.25) is 5.02 Å². The van der Waals surface area contributed by atoms with E-state index in [2.05, 4.69) is 0 Å². The zero-order valence-electron chi connectivity index (χ0n) is 19.5. The Morgan fingerprint density at radius 1 is 1.18 bits per heavy atom. The van der Waals surface area contributed by atoms with Gasteiger partial charge in [-0.15, -0.1) is 0 Å². The molecule has 1 aliphatic heterocycles. The first-order chi connectivity index (χ1) is 16.2. The fourth-order valence-corrected chi connectivity index (χ4v) is 4.02. The van der Waals surface area contributed by atoms with Crippen LogP contribution in [0.25, 0.3) is 5.76 Å². The average Bonchev–Trinajstić information content (AvgIpc) is 3.04. The number of rotatable bonds is 9. The molecule has 1 saturated heterocycles. The Balaban J connectivity index is 2.16. The van der Waals surface area contributed by atoms with E-state index in [0.29, 0.717) is 17.9 Å². The van der Waals surface area contributed by atoms with Crippen LogP contribution in [0.15, 0.2) is 42.0 Å². The van der Waals surface area contributed by atoms with Gasteiger partial charge in [0, 0.05) is 12.1 Å². The highest BCUT2D eigenvalue weighted by Gasteiger charge is 2.46. The van der Waals surface area contributed by atoms with E-state index < -0.39 is 23.5 Å². The zero-order chi connectivity index (χ0) is 25.0. The molecule has 2 aromatic rings. The lowest BCUT2D eigenvalue weighted by Gasteiger charge is -2.26. The summed E-state index contributed by atoms with van der Waals surface area (Å²) in [5, 5.41) is 21.8. The second-order valence-electron chi connectivity index (χ2n) is 7.92. The van der Waals surface area contributed by atoms with E-state index in [1.807, 2.05) is 20.8 Å². The predicted octanol–water partition coefficient (Wildman–Crippen LogP) is 4.30. The van der Waals surface area contributed by atoms with E-state index in [1.165, 1.54) is 30.2 Å². The highest BCUT2D eigenvalue weighted by molar-refractivity contribution is 6.47. The number of likely N-dealkylation sites (tertiary alicyclic amines) is 1. The van der Waals surface area contributed by atoms with Crippen LogP contribution in [-0.2, 0) is 14.3 Å². The van der Waals surface area contributed by atoms with Crippen LogP contribution < -0.4 is 9.47 Å². The minimum atomic E-state index is -0.973. The maximum Gasteiger partial charge on any atom is 0.295 e. The molecule has 0 bridgehead atoms. The molecule has 34 heavy (non-hydrogen) atoms. The first-order valence-corrected chi connectivity index (χ1v) is 11.3. The summed E-state index contributed by atoms with van der Waals surface area (Å²) in [5.74, 6) is -1.56. The molecule has 2 N–H and O–H groups in total. The summed E-state index contributed by atoms with van der Waals surface area (Å²) >= 11 is 6.33. The number of phenols is 1. The van der Waals surface area contributed by atoms with Crippen LogP contribution in [0, 0.1) is 0 Å². The number of ketones is 1. The molecule has 1 unspecified atom stereocenters. The molecule has 1 fully saturated rings. The lowest BCUT2D eigenvalue weighted by Crippen LogP contribution is -2.33. The molecule has 3 rings (SSSR count). The smallest absolute Gasteiger partial charge is 0.295 e. The van der Waals surface area contributed by atoms with Crippen LogP contribution in [0.1, 0.15) is 37.9 Å². The summed E-state index contributed by atoms with van der Waals surface area (Å²) in [6.45, 7) is 6.22. The van der Waals surface area contributed by atoms with Crippen molar-refractivity contribution in [2.24, 2.45) is 0 Å². The van der Waals surface area contributed by atoms with Crippen molar-refractivity contribution in [3.63, 3.8) is 0 Å². The molecule has 0 spiro atoms. The lowest BCUT2D eigenvalue weighted by atomic mass is 9.95. The number of nitrogens with zero attached hydrogens (tertiary/aromatic N) is 1. The van der Waals surface area contributed by atoms with Gasteiger partial charge in [-0.05, 0) is 56.7 Å². The number of methoxy groups -OCH3 is 1. The largest absolute Gasteiger partial charge is 0.507 e. The Morgan fingerprint density at radius 3 is 2.53 bits per heavy atom. The van der Waals surface area contributed by atoms with Crippen molar-refractivity contribution in [1.82, 2.24) is 4.90 Å². The van der Waals surface area contributed by atoms with Gasteiger partial charge >= 0.3 is 0 Å². The van der Waals surface area contributed by atoms with Gasteiger partial charge in [-0.3, -0.25) is 9.59 Å². The number of benzene rings is 2. The molecule has 1 amide bonds. The number of amides is 1. The normalized spacial score (nSPS) is 17.5. The Hall–Kier alpha value is -3.23. The predicted molar refractivity (Wildman–Crippen MR) is 127 cm³/mol. The van der Waals surface area contributed by atoms with E-state index in [4.69, 9.17) is 25.8 Å². The molecular weight excluding hydrogens is 462 g/mol. The van der Waals surface area contributed by atoms with Gasteiger partial charge in [0.25, 0.3) is 11.7 Å². The number of carbonyl (C=O) groups is 2. The third-order valence-corrected chi connectivity index (χ3v) is 5.68. The van der Waals surface area contributed by atoms with Crippen LogP contribution in [0.3, 0.4) is 0 Å². The Kier molecular flexibility index (Phi) is 8.06. The summed E-state index contributed by atoms with van der Waals surface area (Å²) in [4.78, 5) is 27.5. The number of ether oxygens (including phenoxy) is 3. The fourth-order valence-electron chi connectivity index (χ4n) is 3.81. The number of aromatic hydroxyl groups is 1. The molecule has 1 aliphatic rings. The van der Waals surface area contributed by atoms with Gasteiger partial charge in [0.15, 0.2) is 11.5 Å². The van der Waals surface area contributed by atoms with Crippen LogP contribution >= 0.6 is 11.6 Å². The summed E-state index contributed by atoms with van der Waals surface area (Å²) < 4.78 is 16.2. The van der Waals surface area contributed by atoms with Crippen LogP contribution in [0.4, 0.5) is 0 Å². The van der Waals surface area contributed by atoms with Crippen molar-refractivity contribution < 1.29 is 34.0 Å². The monoisotopic (exact) mass is 489 g/mol. The van der Waals surface area contributed by atoms with Gasteiger partial charge in [-0.25, -0.2) is 0 Å². The van der Waals surface area contributed by atoms with Crippen molar-refractivity contribution >= 4 is 29.1 Å². The molecule has 182 valence electrons. The fraction of sp³-hybridized carbons (Fsp3) is 0.360. The molecule has 1 heterocycles. The maximum atomic E-state index is 13.1. The Bertz CT molecular complexity index is 1110. The van der Waals surface area contributed by atoms with Crippen molar-refractivity contribution in [1.29, 1.82) is 0 Å². The first-order valence-electron chi connectivity index (χ1n) is 10.9. The number of Topliss-reactive ketones (excluding diaryl/α,β-unsaturated/α-hetero) is 1. The highest BCUT2D eigenvalue weighted by atomic mass is 35.5. The molecule has 0 aliphatic carbocycles. The highest BCUT2D eigenvalue weighted by Crippen LogP contribution is 2.42. The summed E-state index contributed by atoms with van der Waals surface area (Å²) in [7, 11) is 1.41. The van der Waals surface area contributed by atoms with Gasteiger partial charge in [0.1, 0.15) is 11.5 Å². The number of hydrogen-bond acceptors (Lipinski definition) is 7. The molecular formula is C25H28ClNO7. The number of phenolic OH excluding ortho intramolecular Hbond substituents is 1. The van der Waals surface area contributed by atoms with E-state index >= 15 is 0 Å². The standard InChI is InChI=1S/C25H28ClNO7/c1-5-33-16-7-8-18(26)17(13-16)23(29)21-22(15-6-9-20(32-4)19(28)12-15)27(25(31)24(21)30)10-11-34-14(2)3/h6-9,12-14,22,28-29H,5,10-11H2,1-4H3/b23-21+. The molecule has 1 atom stereocenters. The molecule has 0 radical (unpaired) electrons. The molecule has 0 saturated carbocycles. The number of carbonyl (C=O) groups excluding carboxylic acids is 2. The number of halogens is 1. The van der Waals surface area contributed by atoms with Gasteiger partial charge in [0.05, 0.1) is 43.1 Å². The van der Waals surface area contributed by atoms with Gasteiger partial charge in [0.2, 0.25) is 0 Å². The number of aliphatic hydroxyl groups is 1. The zero-order valence-corrected chi connectivity index (χ0v) is 20.3. The number of hydrogen-bond donors (Lipinski definition) is 2. The molecule has 9 heteroatoms. The van der Waals surface area contributed by atoms with E-state index in [1.54, 1.807) is 18.2 Å². The minimum absolute atomic E-state index is 0.0691. The summed E-state index contributed by atoms with van der Waals surface area (Å²) in [6.07, 6.45) is -0.0691. The quantitative estimate of drug-likeness (QED) is 0.307. The second-order valence-corrected chi connectivity index (χ2v) is 8.33. The SMILES string of the molecule is CCOc1ccc(Cl)c(/C(O)=C2\C(=O)C(=O)N(CCOC(C)C)C2c2ccc(OC)c(O)c2)c1. The minimum Gasteiger partial charge on any atom is -0.507 e. The van der Waals surface area contributed by atoms with E-state index in [0.717, 1.165) is 0 Å². The van der Waals surface area contributed by atoms with Gasteiger partial charge in [-0.1, -0.05) is 17.7 Å². The van der Waals surface area contributed by atoms with Gasteiger partial charge in [-0.2, -0.15) is 0 Å². The van der Waals surface area contributed by atoms with Crippen molar-refractivity contribution in [3.8, 4) is 17.2 Å². The lowest BCUT2D eigenvalue weighted by molar-refractivity contribution is -0.140. The van der Waals surface area contributed by atoms with Crippen molar-refractivity contribution in [2.75, 3.05) is 26.9 Å². The third-order valence-electron chi connectivity index (χ3n) is 5.35. The summed E-state index contributed by atoms with van der Waals surface area (Å²) in [5.41, 5.74) is 0.433. The Morgan fingerprint density at radius 2 is 1.91 bits per heavy atom. The topological polar surface area (TPSA) is 106 Å². The van der Waals surface area contributed by atoms with E-state index in [9.17, 15) is 19.8 Å². The molecule has 2 aromatic carbocycles. The van der Waals surface area contributed by atoms with E-state index in [-0.39, 0.29) is 46.9 Å². The maximum absolute atomic E-state index is 13.1. The molecule has 8 nitrogen and oxygen atoms in total. The summed E-state index contributed by atoms with van der Waals surface area (Å²) in [6, 6.07) is 8.27. The number of aliphatic hydroxyl groups excluding tert-OH is 1. The van der Waals surface area contributed by atoms with Crippen molar-refractivity contribution in [2.45, 2.75) is 32.9 Å². The van der Waals surface area contributed by atoms with Crippen molar-refractivity contribution in [3.05, 3.63) is 58.1 Å². The first kappa shape index (κ1) is 25.4. The average molecular weight is 490 g/mol. The van der Waals surface area contributed by atoms with Crippen LogP contribution in [0.5, 0.6) is 17.2 Å². The molecule has 0 aromatic heterocycles. The second kappa shape index (κ2) is 10.8. The Labute approximate surface area is 203 Å².